The number of amides is 1. The van der Waals surface area contributed by atoms with Crippen LogP contribution in [0.1, 0.15) is 36.0 Å². The van der Waals surface area contributed by atoms with E-state index in [0.29, 0.717) is 12.0 Å². The Morgan fingerprint density at radius 2 is 2.10 bits per heavy atom. The van der Waals surface area contributed by atoms with Crippen LogP contribution in [0.5, 0.6) is 0 Å². The molecule has 0 aromatic heterocycles. The molecule has 0 aliphatic carbocycles. The van der Waals surface area contributed by atoms with Gasteiger partial charge in [0.2, 0.25) is 0 Å². The fourth-order valence-electron chi connectivity index (χ4n) is 3.44. The number of carbonyl (C=O) groups excluding carboxylic acids is 1. The molecular formula is C16H21BrN2O. The summed E-state index contributed by atoms with van der Waals surface area (Å²) in [5.41, 5.74) is 0.785. The zero-order valence-corrected chi connectivity index (χ0v) is 13.2. The second kappa shape index (κ2) is 6.27. The fraction of sp³-hybridized carbons (Fsp3) is 0.562. The van der Waals surface area contributed by atoms with Gasteiger partial charge in [0.1, 0.15) is 0 Å². The van der Waals surface area contributed by atoms with Gasteiger partial charge in [0, 0.05) is 23.6 Å². The Kier molecular flexibility index (Phi) is 4.41. The van der Waals surface area contributed by atoms with Gasteiger partial charge in [-0.3, -0.25) is 4.79 Å². The van der Waals surface area contributed by atoms with Gasteiger partial charge in [-0.05, 0) is 66.2 Å². The fourth-order valence-corrected chi connectivity index (χ4v) is 3.90. The van der Waals surface area contributed by atoms with Crippen LogP contribution in [0.2, 0.25) is 0 Å². The second-order valence-corrected chi connectivity index (χ2v) is 6.69. The summed E-state index contributed by atoms with van der Waals surface area (Å²) in [5.74, 6) is 0.790. The van der Waals surface area contributed by atoms with Crippen molar-refractivity contribution < 1.29 is 4.79 Å². The van der Waals surface area contributed by atoms with Crippen molar-refractivity contribution in [2.75, 3.05) is 19.6 Å². The Labute approximate surface area is 128 Å². The molecule has 20 heavy (non-hydrogen) atoms. The summed E-state index contributed by atoms with van der Waals surface area (Å²) in [6.07, 6.45) is 4.91. The summed E-state index contributed by atoms with van der Waals surface area (Å²) in [5, 5.41) is 3.59. The van der Waals surface area contributed by atoms with E-state index in [4.69, 9.17) is 0 Å². The maximum Gasteiger partial charge on any atom is 0.255 e. The first kappa shape index (κ1) is 14.1. The SMILES string of the molecule is O=C(c1ccccc1Br)N1CCCC(C2CCCN2)C1. The van der Waals surface area contributed by atoms with Gasteiger partial charge in [-0.15, -0.1) is 0 Å². The first-order valence-corrected chi connectivity index (χ1v) is 8.32. The quantitative estimate of drug-likeness (QED) is 0.900. The number of hydrogen-bond donors (Lipinski definition) is 1. The lowest BCUT2D eigenvalue weighted by molar-refractivity contribution is 0.0650. The number of nitrogens with zero attached hydrogens (tertiary/aromatic N) is 1. The molecule has 3 rings (SSSR count). The Bertz CT molecular complexity index is 485. The van der Waals surface area contributed by atoms with E-state index in [0.717, 1.165) is 36.1 Å². The van der Waals surface area contributed by atoms with Crippen LogP contribution in [0, 0.1) is 5.92 Å². The van der Waals surface area contributed by atoms with Crippen molar-refractivity contribution in [3.8, 4) is 0 Å². The third-order valence-corrected chi connectivity index (χ3v) is 5.21. The van der Waals surface area contributed by atoms with Gasteiger partial charge in [0.05, 0.1) is 5.56 Å². The number of rotatable bonds is 2. The Balaban J connectivity index is 1.70. The summed E-state index contributed by atoms with van der Waals surface area (Å²) in [6.45, 7) is 2.93. The van der Waals surface area contributed by atoms with Gasteiger partial charge in [-0.2, -0.15) is 0 Å². The molecule has 1 aromatic carbocycles. The normalized spacial score (nSPS) is 26.8. The lowest BCUT2D eigenvalue weighted by atomic mass is 9.89. The minimum absolute atomic E-state index is 0.167. The molecule has 1 amide bonds. The maximum absolute atomic E-state index is 12.7. The van der Waals surface area contributed by atoms with E-state index in [-0.39, 0.29) is 5.91 Å². The highest BCUT2D eigenvalue weighted by Crippen LogP contribution is 2.27. The number of halogens is 1. The van der Waals surface area contributed by atoms with Crippen LogP contribution < -0.4 is 5.32 Å². The molecule has 1 aromatic rings. The predicted octanol–water partition coefficient (Wildman–Crippen LogP) is 3.05. The van der Waals surface area contributed by atoms with Crippen LogP contribution in [-0.4, -0.2) is 36.5 Å². The largest absolute Gasteiger partial charge is 0.338 e. The molecule has 1 N–H and O–H groups in total. The third-order valence-electron chi connectivity index (χ3n) is 4.52. The lowest BCUT2D eigenvalue weighted by Gasteiger charge is -2.36. The topological polar surface area (TPSA) is 32.3 Å². The molecule has 2 aliphatic rings. The summed E-state index contributed by atoms with van der Waals surface area (Å²) in [4.78, 5) is 14.7. The van der Waals surface area contributed by atoms with Gasteiger partial charge in [0.25, 0.3) is 5.91 Å². The minimum atomic E-state index is 0.167. The minimum Gasteiger partial charge on any atom is -0.338 e. The van der Waals surface area contributed by atoms with Crippen LogP contribution in [-0.2, 0) is 0 Å². The molecule has 0 saturated carbocycles. The standard InChI is InChI=1S/C16H21BrN2O/c17-14-7-2-1-6-13(14)16(20)19-10-4-5-12(11-19)15-8-3-9-18-15/h1-2,6-7,12,15,18H,3-5,8-11H2. The van der Waals surface area contributed by atoms with Gasteiger partial charge in [0.15, 0.2) is 0 Å². The van der Waals surface area contributed by atoms with Crippen molar-refractivity contribution in [1.29, 1.82) is 0 Å². The summed E-state index contributed by atoms with van der Waals surface area (Å²) < 4.78 is 0.895. The number of nitrogens with one attached hydrogen (secondary N) is 1. The Morgan fingerprint density at radius 3 is 2.85 bits per heavy atom. The van der Waals surface area contributed by atoms with Gasteiger partial charge < -0.3 is 10.2 Å². The molecule has 2 saturated heterocycles. The van der Waals surface area contributed by atoms with E-state index < -0.39 is 0 Å². The molecule has 2 fully saturated rings. The zero-order valence-electron chi connectivity index (χ0n) is 11.6. The molecule has 2 unspecified atom stereocenters. The van der Waals surface area contributed by atoms with Crippen LogP contribution in [0.3, 0.4) is 0 Å². The van der Waals surface area contributed by atoms with Gasteiger partial charge >= 0.3 is 0 Å². The van der Waals surface area contributed by atoms with Crippen molar-refractivity contribution >= 4 is 21.8 Å². The van der Waals surface area contributed by atoms with E-state index in [1.165, 1.54) is 19.3 Å². The molecule has 2 heterocycles. The average Bonchev–Trinajstić information content (AvgIpc) is 3.01. The van der Waals surface area contributed by atoms with Crippen molar-refractivity contribution in [3.05, 3.63) is 34.3 Å². The highest BCUT2D eigenvalue weighted by Gasteiger charge is 2.31. The second-order valence-electron chi connectivity index (χ2n) is 5.84. The van der Waals surface area contributed by atoms with E-state index >= 15 is 0 Å². The summed E-state index contributed by atoms with van der Waals surface area (Å²) in [6, 6.07) is 8.34. The molecule has 108 valence electrons. The van der Waals surface area contributed by atoms with E-state index in [9.17, 15) is 4.79 Å². The predicted molar refractivity (Wildman–Crippen MR) is 83.8 cm³/mol. The van der Waals surface area contributed by atoms with Crippen molar-refractivity contribution in [2.24, 2.45) is 5.92 Å². The molecule has 0 spiro atoms. The van der Waals surface area contributed by atoms with E-state index in [2.05, 4.69) is 21.2 Å². The van der Waals surface area contributed by atoms with E-state index in [1.54, 1.807) is 0 Å². The highest BCUT2D eigenvalue weighted by atomic mass is 79.9. The van der Waals surface area contributed by atoms with Crippen LogP contribution >= 0.6 is 15.9 Å². The monoisotopic (exact) mass is 336 g/mol. The highest BCUT2D eigenvalue weighted by molar-refractivity contribution is 9.10. The molecule has 0 bridgehead atoms. The Morgan fingerprint density at radius 1 is 1.25 bits per heavy atom. The van der Waals surface area contributed by atoms with Crippen LogP contribution in [0.4, 0.5) is 0 Å². The molecule has 0 radical (unpaired) electrons. The first-order chi connectivity index (χ1) is 9.75. The number of carbonyl (C=O) groups is 1. The Hall–Kier alpha value is -0.870. The van der Waals surface area contributed by atoms with Crippen molar-refractivity contribution in [3.63, 3.8) is 0 Å². The van der Waals surface area contributed by atoms with Gasteiger partial charge in [-0.25, -0.2) is 0 Å². The van der Waals surface area contributed by atoms with Crippen LogP contribution in [0.15, 0.2) is 28.7 Å². The summed E-state index contributed by atoms with van der Waals surface area (Å²) in [7, 11) is 0. The van der Waals surface area contributed by atoms with Crippen LogP contribution in [0.25, 0.3) is 0 Å². The average molecular weight is 337 g/mol. The van der Waals surface area contributed by atoms with Crippen molar-refractivity contribution in [2.45, 2.75) is 31.7 Å². The molecule has 3 nitrogen and oxygen atoms in total. The number of piperidine rings is 1. The number of likely N-dealkylation sites (tertiary alicyclic amines) is 1. The number of hydrogen-bond acceptors (Lipinski definition) is 2. The smallest absolute Gasteiger partial charge is 0.255 e. The molecule has 4 heteroatoms. The van der Waals surface area contributed by atoms with Gasteiger partial charge in [-0.1, -0.05) is 12.1 Å². The molecule has 2 aliphatic heterocycles. The first-order valence-electron chi connectivity index (χ1n) is 7.53. The maximum atomic E-state index is 12.7. The number of benzene rings is 1. The third kappa shape index (κ3) is 2.91. The molecular weight excluding hydrogens is 316 g/mol. The molecule has 2 atom stereocenters. The van der Waals surface area contributed by atoms with Crippen molar-refractivity contribution in [1.82, 2.24) is 10.2 Å². The van der Waals surface area contributed by atoms with E-state index in [1.807, 2.05) is 29.2 Å². The summed E-state index contributed by atoms with van der Waals surface area (Å²) >= 11 is 3.49. The lowest BCUT2D eigenvalue weighted by Crippen LogP contribution is -2.45. The zero-order chi connectivity index (χ0) is 13.9.